The van der Waals surface area contributed by atoms with Gasteiger partial charge in [0.05, 0.1) is 6.07 Å². The fraction of sp³-hybridized carbons (Fsp3) is 0.364. The van der Waals surface area contributed by atoms with E-state index in [0.717, 1.165) is 12.6 Å². The number of aliphatic hydroxyl groups excluding tert-OH is 1. The summed E-state index contributed by atoms with van der Waals surface area (Å²) in [5.41, 5.74) is -1.17. The van der Waals surface area contributed by atoms with Crippen LogP contribution >= 0.6 is 0 Å². The van der Waals surface area contributed by atoms with Gasteiger partial charge in [-0.2, -0.15) is 18.4 Å². The minimum absolute atomic E-state index is 0.116. The Morgan fingerprint density at radius 2 is 2.19 bits per heavy atom. The summed E-state index contributed by atoms with van der Waals surface area (Å²) < 4.78 is 50.5. The van der Waals surface area contributed by atoms with Crippen molar-refractivity contribution in [3.63, 3.8) is 0 Å². The topological polar surface area (TPSA) is 91.3 Å². The van der Waals surface area contributed by atoms with Crippen LogP contribution in [0.5, 0.6) is 5.75 Å². The summed E-state index contributed by atoms with van der Waals surface area (Å²) >= 11 is 0. The zero-order valence-corrected chi connectivity index (χ0v) is 16.5. The summed E-state index contributed by atoms with van der Waals surface area (Å²) in [6.07, 6.45) is -2.52. The first kappa shape index (κ1) is 21.0. The van der Waals surface area contributed by atoms with Gasteiger partial charge in [-0.25, -0.2) is 0 Å². The van der Waals surface area contributed by atoms with Gasteiger partial charge in [0, 0.05) is 28.8 Å². The molecule has 3 aromatic rings. The van der Waals surface area contributed by atoms with Crippen molar-refractivity contribution >= 4 is 11.0 Å². The second-order valence-corrected chi connectivity index (χ2v) is 7.47. The summed E-state index contributed by atoms with van der Waals surface area (Å²) in [7, 11) is 0. The zero-order chi connectivity index (χ0) is 22.2. The van der Waals surface area contributed by atoms with Crippen molar-refractivity contribution in [3.8, 4) is 11.8 Å². The molecule has 4 rings (SSSR count). The molecule has 9 heteroatoms. The number of hydrogen-bond donors (Lipinski definition) is 2. The molecule has 0 amide bonds. The molecular formula is C22H18F3N3O3. The molecular weight excluding hydrogens is 411 g/mol. The average Bonchev–Trinajstić information content (AvgIpc) is 3.03. The fourth-order valence-corrected chi connectivity index (χ4v) is 3.63. The number of nitriles is 1. The predicted octanol–water partition coefficient (Wildman–Crippen LogP) is 4.36. The first-order chi connectivity index (χ1) is 14.7. The molecule has 1 atom stereocenters. The molecule has 1 saturated carbocycles. The van der Waals surface area contributed by atoms with Gasteiger partial charge in [-0.1, -0.05) is 6.07 Å². The summed E-state index contributed by atoms with van der Waals surface area (Å²) in [4.78, 5) is 3.40. The number of nitrogens with zero attached hydrogens (tertiary/aromatic N) is 2. The molecule has 0 spiro atoms. The zero-order valence-electron chi connectivity index (χ0n) is 16.5. The number of fused-ring (bicyclic) bond motifs is 1. The molecule has 0 bridgehead atoms. The van der Waals surface area contributed by atoms with Crippen LogP contribution in [0.15, 0.2) is 28.8 Å². The molecule has 0 radical (unpaired) electrons. The third-order valence-corrected chi connectivity index (χ3v) is 5.39. The molecule has 0 aliphatic heterocycles. The number of nitrogens with one attached hydrogen (secondary N) is 1. The van der Waals surface area contributed by atoms with E-state index in [4.69, 9.17) is 9.15 Å². The van der Waals surface area contributed by atoms with Crippen LogP contribution in [0.1, 0.15) is 48.1 Å². The van der Waals surface area contributed by atoms with Crippen molar-refractivity contribution in [1.82, 2.24) is 10.3 Å². The third kappa shape index (κ3) is 4.02. The lowest BCUT2D eigenvalue weighted by Crippen LogP contribution is -2.51. The number of alkyl halides is 3. The summed E-state index contributed by atoms with van der Waals surface area (Å²) in [5.74, 6) is 0.563. The van der Waals surface area contributed by atoms with E-state index in [9.17, 15) is 23.5 Å². The van der Waals surface area contributed by atoms with Crippen LogP contribution in [0.25, 0.3) is 11.0 Å². The Morgan fingerprint density at radius 3 is 2.84 bits per heavy atom. The maximum Gasteiger partial charge on any atom is 0.433 e. The maximum absolute atomic E-state index is 13.1. The number of hydrogen-bond acceptors (Lipinski definition) is 6. The first-order valence-corrected chi connectivity index (χ1v) is 9.60. The lowest BCUT2D eigenvalue weighted by atomic mass is 9.78. The van der Waals surface area contributed by atoms with Gasteiger partial charge >= 0.3 is 6.18 Å². The van der Waals surface area contributed by atoms with Gasteiger partial charge in [0.1, 0.15) is 24.1 Å². The lowest BCUT2D eigenvalue weighted by Gasteiger charge is -2.37. The molecule has 2 N–H and O–H groups in total. The molecule has 0 saturated heterocycles. The highest BCUT2D eigenvalue weighted by Gasteiger charge is 2.39. The highest BCUT2D eigenvalue weighted by Crippen LogP contribution is 2.37. The van der Waals surface area contributed by atoms with Gasteiger partial charge in [-0.05, 0) is 44.4 Å². The van der Waals surface area contributed by atoms with E-state index in [1.54, 1.807) is 6.92 Å². The van der Waals surface area contributed by atoms with E-state index < -0.39 is 23.6 Å². The van der Waals surface area contributed by atoms with E-state index in [1.165, 1.54) is 18.2 Å². The Bertz CT molecular complexity index is 1150. The molecule has 6 nitrogen and oxygen atoms in total. The second kappa shape index (κ2) is 7.77. The second-order valence-electron chi connectivity index (χ2n) is 7.47. The number of ether oxygens (including phenoxy) is 1. The first-order valence-electron chi connectivity index (χ1n) is 9.60. The molecule has 1 unspecified atom stereocenters. The molecule has 2 heterocycles. The smallest absolute Gasteiger partial charge is 0.433 e. The van der Waals surface area contributed by atoms with Gasteiger partial charge < -0.3 is 14.3 Å². The van der Waals surface area contributed by atoms with Crippen molar-refractivity contribution in [3.05, 3.63) is 59.1 Å². The van der Waals surface area contributed by atoms with Crippen molar-refractivity contribution < 1.29 is 27.4 Å². The van der Waals surface area contributed by atoms with Crippen LogP contribution in [-0.4, -0.2) is 15.6 Å². The summed E-state index contributed by atoms with van der Waals surface area (Å²) in [5, 5.41) is 23.6. The molecule has 160 valence electrons. The number of rotatable bonds is 6. The predicted molar refractivity (Wildman–Crippen MR) is 102 cm³/mol. The molecule has 1 aliphatic rings. The van der Waals surface area contributed by atoms with Gasteiger partial charge in [0.15, 0.2) is 17.0 Å². The van der Waals surface area contributed by atoms with E-state index in [0.29, 0.717) is 35.1 Å². The third-order valence-electron chi connectivity index (χ3n) is 5.39. The van der Waals surface area contributed by atoms with Crippen LogP contribution < -0.4 is 10.1 Å². The van der Waals surface area contributed by atoms with Gasteiger partial charge in [-0.3, -0.25) is 10.3 Å². The average molecular weight is 429 g/mol. The van der Waals surface area contributed by atoms with Crippen LogP contribution in [0.2, 0.25) is 0 Å². The number of pyridine rings is 1. The highest BCUT2D eigenvalue weighted by molar-refractivity contribution is 5.82. The van der Waals surface area contributed by atoms with Crippen LogP contribution in [-0.2, 0) is 12.8 Å². The number of aromatic nitrogens is 1. The molecule has 1 fully saturated rings. The largest absolute Gasteiger partial charge is 0.481 e. The number of aryl methyl sites for hydroxylation is 1. The SMILES string of the molecule is Cc1oc2c#cc(OCc3cccnc3C(F)(F)F)cc2c1C(O)NC1(C#N)CCC1. The molecule has 31 heavy (non-hydrogen) atoms. The fourth-order valence-electron chi connectivity index (χ4n) is 3.63. The molecule has 1 aromatic carbocycles. The maximum atomic E-state index is 13.1. The quantitative estimate of drug-likeness (QED) is 0.566. The van der Waals surface area contributed by atoms with E-state index in [-0.39, 0.29) is 17.9 Å². The van der Waals surface area contributed by atoms with Crippen LogP contribution in [0, 0.1) is 30.4 Å². The van der Waals surface area contributed by atoms with E-state index in [1.807, 2.05) is 0 Å². The Labute approximate surface area is 176 Å². The standard InChI is InChI=1S/C22H18F3N3O3/c1-13-18(20(29)28-21(12-26)7-3-8-21)16-10-15(5-6-17(16)31-13)30-11-14-4-2-9-27-19(14)22(23,24)25/h2,4,9-10,20,28-29H,3,7-8,11H2,1H3. The van der Waals surface area contributed by atoms with Crippen LogP contribution in [0.4, 0.5) is 13.2 Å². The van der Waals surface area contributed by atoms with Gasteiger partial charge in [0.25, 0.3) is 0 Å². The highest BCUT2D eigenvalue weighted by atomic mass is 19.4. The normalized spacial score (nSPS) is 16.3. The van der Waals surface area contributed by atoms with Crippen molar-refractivity contribution in [2.75, 3.05) is 0 Å². The van der Waals surface area contributed by atoms with E-state index in [2.05, 4.69) is 28.5 Å². The number of aliphatic hydroxyl groups is 1. The Balaban J connectivity index is 1.59. The lowest BCUT2D eigenvalue weighted by molar-refractivity contribution is -0.142. The van der Waals surface area contributed by atoms with Crippen molar-refractivity contribution in [1.29, 1.82) is 5.26 Å². The van der Waals surface area contributed by atoms with Crippen LogP contribution in [0.3, 0.4) is 0 Å². The Morgan fingerprint density at radius 1 is 1.42 bits per heavy atom. The summed E-state index contributed by atoms with van der Waals surface area (Å²) in [6, 6.07) is 11.9. The van der Waals surface area contributed by atoms with Crippen molar-refractivity contribution in [2.45, 2.75) is 50.7 Å². The monoisotopic (exact) mass is 429 g/mol. The van der Waals surface area contributed by atoms with E-state index >= 15 is 0 Å². The van der Waals surface area contributed by atoms with Crippen molar-refractivity contribution in [2.24, 2.45) is 0 Å². The minimum atomic E-state index is -4.59. The molecule has 2 aromatic heterocycles. The number of furan rings is 1. The van der Waals surface area contributed by atoms with Gasteiger partial charge in [0.2, 0.25) is 0 Å². The Hall–Kier alpha value is -3.27. The molecule has 1 aliphatic carbocycles. The number of halogens is 3. The van der Waals surface area contributed by atoms with Gasteiger partial charge in [-0.15, -0.1) is 0 Å². The minimum Gasteiger partial charge on any atom is -0.481 e. The Kier molecular flexibility index (Phi) is 5.26. The summed E-state index contributed by atoms with van der Waals surface area (Å²) in [6.45, 7) is 1.29.